The van der Waals surface area contributed by atoms with Crippen LogP contribution < -0.4 is 0 Å². The number of rotatable bonds is 4. The molecule has 4 heterocycles. The zero-order valence-corrected chi connectivity index (χ0v) is 13.9. The first-order chi connectivity index (χ1) is 11.7. The Morgan fingerprint density at radius 1 is 1.46 bits per heavy atom. The maximum absolute atomic E-state index is 12.2. The Bertz CT molecular complexity index is 572. The lowest BCUT2D eigenvalue weighted by Gasteiger charge is -2.31. The summed E-state index contributed by atoms with van der Waals surface area (Å²) in [7, 11) is 0. The van der Waals surface area contributed by atoms with Crippen molar-refractivity contribution in [2.75, 3.05) is 39.4 Å². The second kappa shape index (κ2) is 6.46. The van der Waals surface area contributed by atoms with Crippen LogP contribution in [0.3, 0.4) is 0 Å². The van der Waals surface area contributed by atoms with Gasteiger partial charge in [-0.3, -0.25) is 14.6 Å². The molecule has 1 aromatic rings. The van der Waals surface area contributed by atoms with Gasteiger partial charge in [0.15, 0.2) is 6.39 Å². The Kier molecular flexibility index (Phi) is 4.32. The van der Waals surface area contributed by atoms with E-state index in [1.165, 1.54) is 6.39 Å². The van der Waals surface area contributed by atoms with Crippen molar-refractivity contribution in [1.29, 1.82) is 0 Å². The van der Waals surface area contributed by atoms with E-state index in [0.717, 1.165) is 57.9 Å². The Labute approximate surface area is 141 Å². The fourth-order valence-electron chi connectivity index (χ4n) is 4.72. The third-order valence-electron chi connectivity index (χ3n) is 6.00. The van der Waals surface area contributed by atoms with Gasteiger partial charge in [0, 0.05) is 38.2 Å². The maximum Gasteiger partial charge on any atom is 0.311 e. The van der Waals surface area contributed by atoms with E-state index in [9.17, 15) is 9.90 Å². The van der Waals surface area contributed by atoms with Crippen LogP contribution in [0, 0.1) is 11.3 Å². The molecule has 0 spiro atoms. The number of likely N-dealkylation sites (tertiary alicyclic amines) is 2. The SMILES string of the molecule is O=C(O)[C@]12CCCN(C3CCOC3)C[C@H]1CN(Cc1cnco1)C2. The molecule has 3 aliphatic rings. The van der Waals surface area contributed by atoms with Crippen molar-refractivity contribution < 1.29 is 19.1 Å². The lowest BCUT2D eigenvalue weighted by molar-refractivity contribution is -0.151. The number of carboxylic acids is 1. The van der Waals surface area contributed by atoms with Crippen molar-refractivity contribution >= 4 is 5.97 Å². The summed E-state index contributed by atoms with van der Waals surface area (Å²) in [5, 5.41) is 10.0. The highest BCUT2D eigenvalue weighted by Crippen LogP contribution is 2.44. The van der Waals surface area contributed by atoms with Gasteiger partial charge in [0.2, 0.25) is 0 Å². The van der Waals surface area contributed by atoms with Crippen molar-refractivity contribution in [3.63, 3.8) is 0 Å². The number of fused-ring (bicyclic) bond motifs is 1. The number of carboxylic acid groups (broad SMARTS) is 1. The minimum absolute atomic E-state index is 0.154. The number of nitrogens with zero attached hydrogens (tertiary/aromatic N) is 3. The first-order valence-electron chi connectivity index (χ1n) is 8.82. The molecule has 3 fully saturated rings. The van der Waals surface area contributed by atoms with Crippen LogP contribution in [-0.4, -0.2) is 71.3 Å². The molecular formula is C17H25N3O4. The number of aliphatic carboxylic acids is 1. The molecule has 24 heavy (non-hydrogen) atoms. The molecule has 0 saturated carbocycles. The van der Waals surface area contributed by atoms with Crippen molar-refractivity contribution in [2.24, 2.45) is 11.3 Å². The van der Waals surface area contributed by atoms with Gasteiger partial charge in [-0.1, -0.05) is 0 Å². The van der Waals surface area contributed by atoms with Crippen molar-refractivity contribution in [1.82, 2.24) is 14.8 Å². The monoisotopic (exact) mass is 335 g/mol. The summed E-state index contributed by atoms with van der Waals surface area (Å²) < 4.78 is 10.9. The van der Waals surface area contributed by atoms with Gasteiger partial charge in [-0.05, 0) is 25.8 Å². The highest BCUT2D eigenvalue weighted by Gasteiger charge is 2.53. The number of oxazole rings is 1. The molecule has 0 aromatic carbocycles. The Morgan fingerprint density at radius 3 is 3.08 bits per heavy atom. The second-order valence-corrected chi connectivity index (χ2v) is 7.41. The number of ether oxygens (including phenoxy) is 1. The zero-order valence-electron chi connectivity index (χ0n) is 13.9. The Hall–Kier alpha value is -1.44. The smallest absolute Gasteiger partial charge is 0.311 e. The van der Waals surface area contributed by atoms with E-state index in [1.54, 1.807) is 6.20 Å². The average molecular weight is 335 g/mol. The van der Waals surface area contributed by atoms with Gasteiger partial charge in [0.25, 0.3) is 0 Å². The van der Waals surface area contributed by atoms with Crippen LogP contribution in [0.15, 0.2) is 17.0 Å². The van der Waals surface area contributed by atoms with Crippen LogP contribution in [0.5, 0.6) is 0 Å². The first-order valence-corrected chi connectivity index (χ1v) is 8.82. The normalized spacial score (nSPS) is 35.0. The van der Waals surface area contributed by atoms with E-state index in [-0.39, 0.29) is 5.92 Å². The molecule has 0 radical (unpaired) electrons. The fraction of sp³-hybridized carbons (Fsp3) is 0.765. The molecule has 7 nitrogen and oxygen atoms in total. The van der Waals surface area contributed by atoms with Gasteiger partial charge in [-0.2, -0.15) is 0 Å². The topological polar surface area (TPSA) is 79.0 Å². The summed E-state index contributed by atoms with van der Waals surface area (Å²) in [5.41, 5.74) is -0.631. The quantitative estimate of drug-likeness (QED) is 0.881. The van der Waals surface area contributed by atoms with Gasteiger partial charge < -0.3 is 14.3 Å². The number of carbonyl (C=O) groups is 1. The highest BCUT2D eigenvalue weighted by atomic mass is 16.5. The van der Waals surface area contributed by atoms with Crippen molar-refractivity contribution in [3.8, 4) is 0 Å². The molecule has 7 heteroatoms. The molecule has 3 atom stereocenters. The van der Waals surface area contributed by atoms with Crippen molar-refractivity contribution in [2.45, 2.75) is 31.8 Å². The van der Waals surface area contributed by atoms with Crippen LogP contribution >= 0.6 is 0 Å². The molecule has 3 aliphatic heterocycles. The summed E-state index contributed by atoms with van der Waals surface area (Å²) in [4.78, 5) is 20.8. The van der Waals surface area contributed by atoms with Gasteiger partial charge in [-0.15, -0.1) is 0 Å². The Morgan fingerprint density at radius 2 is 2.38 bits per heavy atom. The third-order valence-corrected chi connectivity index (χ3v) is 6.00. The fourth-order valence-corrected chi connectivity index (χ4v) is 4.72. The van der Waals surface area contributed by atoms with Gasteiger partial charge in [0.1, 0.15) is 5.76 Å². The average Bonchev–Trinajstić information content (AvgIpc) is 3.28. The van der Waals surface area contributed by atoms with E-state index in [0.29, 0.717) is 19.1 Å². The number of aromatic nitrogens is 1. The maximum atomic E-state index is 12.2. The van der Waals surface area contributed by atoms with Crippen LogP contribution in [0.4, 0.5) is 0 Å². The third kappa shape index (κ3) is 2.85. The van der Waals surface area contributed by atoms with Gasteiger partial charge >= 0.3 is 5.97 Å². The molecular weight excluding hydrogens is 310 g/mol. The predicted octanol–water partition coefficient (Wildman–Crippen LogP) is 1.06. The van der Waals surface area contributed by atoms with E-state index in [4.69, 9.17) is 9.15 Å². The molecule has 0 aliphatic carbocycles. The van der Waals surface area contributed by atoms with Gasteiger partial charge in [0.05, 0.1) is 24.8 Å². The van der Waals surface area contributed by atoms with Crippen LogP contribution in [-0.2, 0) is 16.1 Å². The predicted molar refractivity (Wildman–Crippen MR) is 85.4 cm³/mol. The second-order valence-electron chi connectivity index (χ2n) is 7.41. The van der Waals surface area contributed by atoms with E-state index >= 15 is 0 Å². The summed E-state index contributed by atoms with van der Waals surface area (Å²) in [5.74, 6) is 0.311. The summed E-state index contributed by atoms with van der Waals surface area (Å²) in [6.45, 7) is 5.49. The van der Waals surface area contributed by atoms with Crippen LogP contribution in [0.2, 0.25) is 0 Å². The standard InChI is InChI=1S/C17H25N3O4/c21-16(22)17-3-1-4-20(14-2-5-23-10-14)8-13(17)7-19(11-17)9-15-6-18-12-24-15/h6,12-14H,1-5,7-11H2,(H,21,22)/t13-,14?,17+/m1/s1. The molecule has 1 unspecified atom stereocenters. The number of hydrogen-bond donors (Lipinski definition) is 1. The van der Waals surface area contributed by atoms with Crippen LogP contribution in [0.1, 0.15) is 25.0 Å². The molecule has 3 saturated heterocycles. The summed E-state index contributed by atoms with van der Waals surface area (Å²) >= 11 is 0. The molecule has 4 rings (SSSR count). The minimum atomic E-state index is -0.642. The van der Waals surface area contributed by atoms with E-state index < -0.39 is 11.4 Å². The minimum Gasteiger partial charge on any atom is -0.481 e. The van der Waals surface area contributed by atoms with E-state index in [1.807, 2.05) is 0 Å². The first kappa shape index (κ1) is 16.1. The van der Waals surface area contributed by atoms with Gasteiger partial charge in [-0.25, -0.2) is 4.98 Å². The number of hydrogen-bond acceptors (Lipinski definition) is 6. The largest absolute Gasteiger partial charge is 0.481 e. The molecule has 0 bridgehead atoms. The lowest BCUT2D eigenvalue weighted by Crippen LogP contribution is -2.44. The molecule has 0 amide bonds. The summed E-state index contributed by atoms with van der Waals surface area (Å²) in [6.07, 6.45) is 5.90. The molecule has 132 valence electrons. The zero-order chi connectivity index (χ0) is 16.6. The molecule has 1 aromatic heterocycles. The highest BCUT2D eigenvalue weighted by molar-refractivity contribution is 5.76. The van der Waals surface area contributed by atoms with Crippen molar-refractivity contribution in [3.05, 3.63) is 18.4 Å². The molecule has 1 N–H and O–H groups in total. The summed E-state index contributed by atoms with van der Waals surface area (Å²) in [6, 6.07) is 0.456. The Balaban J connectivity index is 1.51. The van der Waals surface area contributed by atoms with E-state index in [2.05, 4.69) is 14.8 Å². The van der Waals surface area contributed by atoms with Crippen LogP contribution in [0.25, 0.3) is 0 Å². The lowest BCUT2D eigenvalue weighted by atomic mass is 9.75.